The summed E-state index contributed by atoms with van der Waals surface area (Å²) in [5, 5.41) is 0. The summed E-state index contributed by atoms with van der Waals surface area (Å²) in [6.07, 6.45) is -4.04. The molecule has 0 bridgehead atoms. The van der Waals surface area contributed by atoms with E-state index in [0.29, 0.717) is 6.42 Å². The molecule has 3 nitrogen and oxygen atoms in total. The largest absolute Gasteiger partial charge is 0.416 e. The standard InChI is InChI=1S/C31H26F3NO2S/c1-21-11-17-25(18-12-21)38(36,37)35-20-19-28-29(22-7-3-2-4-8-22)26-9-5-6-10-27(26)30(28)23-13-15-24(16-14-23)31(32,33)34/h2-18,30,35H,19-20H2,1H3. The van der Waals surface area contributed by atoms with E-state index in [-0.39, 0.29) is 17.4 Å². The topological polar surface area (TPSA) is 46.2 Å². The van der Waals surface area contributed by atoms with Crippen molar-refractivity contribution in [2.75, 3.05) is 6.54 Å². The molecule has 0 fully saturated rings. The molecule has 1 N–H and O–H groups in total. The Morgan fingerprint density at radius 3 is 2.08 bits per heavy atom. The zero-order chi connectivity index (χ0) is 26.9. The Balaban J connectivity index is 1.54. The fourth-order valence-electron chi connectivity index (χ4n) is 5.06. The van der Waals surface area contributed by atoms with Gasteiger partial charge in [0.05, 0.1) is 10.5 Å². The predicted molar refractivity (Wildman–Crippen MR) is 143 cm³/mol. The Morgan fingerprint density at radius 2 is 1.42 bits per heavy atom. The summed E-state index contributed by atoms with van der Waals surface area (Å²) in [7, 11) is -3.72. The summed E-state index contributed by atoms with van der Waals surface area (Å²) in [4.78, 5) is 0.189. The highest BCUT2D eigenvalue weighted by atomic mass is 32.2. The van der Waals surface area contributed by atoms with Gasteiger partial charge in [-0.1, -0.05) is 84.4 Å². The molecule has 0 aromatic heterocycles. The number of fused-ring (bicyclic) bond motifs is 1. The van der Waals surface area contributed by atoms with Gasteiger partial charge in [0.2, 0.25) is 10.0 Å². The van der Waals surface area contributed by atoms with Gasteiger partial charge in [-0.3, -0.25) is 0 Å². The molecule has 38 heavy (non-hydrogen) atoms. The van der Waals surface area contributed by atoms with Crippen molar-refractivity contribution in [1.82, 2.24) is 4.72 Å². The predicted octanol–water partition coefficient (Wildman–Crippen LogP) is 7.33. The van der Waals surface area contributed by atoms with E-state index in [1.807, 2.05) is 61.5 Å². The maximum Gasteiger partial charge on any atom is 0.416 e. The number of nitrogens with one attached hydrogen (secondary N) is 1. The van der Waals surface area contributed by atoms with Gasteiger partial charge in [-0.2, -0.15) is 13.2 Å². The molecule has 4 aromatic rings. The molecule has 0 aliphatic heterocycles. The first-order valence-electron chi connectivity index (χ1n) is 12.3. The SMILES string of the molecule is Cc1ccc(S(=O)(=O)NCCC2=C(c3ccccc3)c3ccccc3C2c2ccc(C(F)(F)F)cc2)cc1. The van der Waals surface area contributed by atoms with Crippen LogP contribution in [0.4, 0.5) is 13.2 Å². The van der Waals surface area contributed by atoms with Crippen molar-refractivity contribution < 1.29 is 21.6 Å². The number of sulfonamides is 1. The van der Waals surface area contributed by atoms with Crippen molar-refractivity contribution in [2.45, 2.75) is 30.3 Å². The van der Waals surface area contributed by atoms with Gasteiger partial charge in [-0.05, 0) is 71.0 Å². The molecule has 0 radical (unpaired) electrons. The van der Waals surface area contributed by atoms with Crippen LogP contribution in [0.1, 0.15) is 45.7 Å². The van der Waals surface area contributed by atoms with E-state index in [1.165, 1.54) is 12.1 Å². The van der Waals surface area contributed by atoms with Gasteiger partial charge in [0, 0.05) is 12.5 Å². The van der Waals surface area contributed by atoms with E-state index in [9.17, 15) is 21.6 Å². The van der Waals surface area contributed by atoms with Crippen LogP contribution < -0.4 is 4.72 Å². The van der Waals surface area contributed by atoms with Crippen LogP contribution in [0.2, 0.25) is 0 Å². The average Bonchev–Trinajstić information content (AvgIpc) is 3.23. The number of aryl methyl sites for hydroxylation is 1. The lowest BCUT2D eigenvalue weighted by molar-refractivity contribution is -0.137. The van der Waals surface area contributed by atoms with Crippen LogP contribution in [0, 0.1) is 6.92 Å². The van der Waals surface area contributed by atoms with E-state index >= 15 is 0 Å². The third-order valence-electron chi connectivity index (χ3n) is 6.86. The van der Waals surface area contributed by atoms with Crippen LogP contribution in [0.25, 0.3) is 5.57 Å². The smallest absolute Gasteiger partial charge is 0.211 e. The molecule has 194 valence electrons. The highest BCUT2D eigenvalue weighted by molar-refractivity contribution is 7.89. The molecular weight excluding hydrogens is 507 g/mol. The molecule has 1 aliphatic rings. The van der Waals surface area contributed by atoms with Crippen molar-refractivity contribution in [3.63, 3.8) is 0 Å². The highest BCUT2D eigenvalue weighted by Gasteiger charge is 2.34. The molecule has 0 saturated heterocycles. The second kappa shape index (κ2) is 10.2. The Hall–Kier alpha value is -3.68. The fourth-order valence-corrected chi connectivity index (χ4v) is 6.09. The summed E-state index contributed by atoms with van der Waals surface area (Å²) >= 11 is 0. The first-order chi connectivity index (χ1) is 18.1. The Labute approximate surface area is 220 Å². The van der Waals surface area contributed by atoms with Gasteiger partial charge in [-0.15, -0.1) is 0 Å². The van der Waals surface area contributed by atoms with Gasteiger partial charge in [0.25, 0.3) is 0 Å². The monoisotopic (exact) mass is 533 g/mol. The number of halogens is 3. The van der Waals surface area contributed by atoms with Crippen molar-refractivity contribution in [1.29, 1.82) is 0 Å². The molecular formula is C31H26F3NO2S. The second-order valence-corrected chi connectivity index (χ2v) is 11.1. The van der Waals surface area contributed by atoms with Crippen molar-refractivity contribution >= 4 is 15.6 Å². The lowest BCUT2D eigenvalue weighted by atomic mass is 9.86. The summed E-state index contributed by atoms with van der Waals surface area (Å²) in [5.74, 6) is -0.299. The van der Waals surface area contributed by atoms with Crippen molar-refractivity contribution in [3.8, 4) is 0 Å². The summed E-state index contributed by atoms with van der Waals surface area (Å²) in [5.41, 5.74) is 5.90. The molecule has 5 rings (SSSR count). The van der Waals surface area contributed by atoms with Crippen LogP contribution in [0.15, 0.2) is 114 Å². The van der Waals surface area contributed by atoms with Crippen LogP contribution in [0.5, 0.6) is 0 Å². The molecule has 1 unspecified atom stereocenters. The molecule has 1 aliphatic carbocycles. The third-order valence-corrected chi connectivity index (χ3v) is 8.34. The van der Waals surface area contributed by atoms with Gasteiger partial charge in [0.15, 0.2) is 0 Å². The quantitative estimate of drug-likeness (QED) is 0.270. The maximum atomic E-state index is 13.3. The maximum absolute atomic E-state index is 13.3. The molecule has 0 heterocycles. The molecule has 7 heteroatoms. The number of hydrogen-bond acceptors (Lipinski definition) is 2. The van der Waals surface area contributed by atoms with Gasteiger partial charge in [-0.25, -0.2) is 13.1 Å². The lowest BCUT2D eigenvalue weighted by Crippen LogP contribution is -2.25. The molecule has 0 saturated carbocycles. The van der Waals surface area contributed by atoms with E-state index in [0.717, 1.165) is 51.1 Å². The van der Waals surface area contributed by atoms with E-state index in [4.69, 9.17) is 0 Å². The second-order valence-electron chi connectivity index (χ2n) is 9.37. The normalized spacial score (nSPS) is 15.5. The van der Waals surface area contributed by atoms with Crippen LogP contribution in [-0.2, 0) is 16.2 Å². The fraction of sp³-hybridized carbons (Fsp3) is 0.161. The zero-order valence-electron chi connectivity index (χ0n) is 20.7. The third kappa shape index (κ3) is 5.17. The number of hydrogen-bond donors (Lipinski definition) is 1. The Kier molecular flexibility index (Phi) is 6.99. The lowest BCUT2D eigenvalue weighted by Gasteiger charge is -2.19. The first-order valence-corrected chi connectivity index (χ1v) is 13.7. The first kappa shape index (κ1) is 25.9. The Morgan fingerprint density at radius 1 is 0.789 bits per heavy atom. The number of alkyl halides is 3. The van der Waals surface area contributed by atoms with Crippen LogP contribution >= 0.6 is 0 Å². The van der Waals surface area contributed by atoms with Crippen molar-refractivity contribution in [2.24, 2.45) is 0 Å². The van der Waals surface area contributed by atoms with Gasteiger partial charge in [0.1, 0.15) is 0 Å². The molecule has 4 aromatic carbocycles. The summed E-state index contributed by atoms with van der Waals surface area (Å²) in [6, 6.07) is 29.6. The van der Waals surface area contributed by atoms with E-state index in [2.05, 4.69) is 4.72 Å². The van der Waals surface area contributed by atoms with Crippen LogP contribution in [0.3, 0.4) is 0 Å². The number of rotatable bonds is 7. The zero-order valence-corrected chi connectivity index (χ0v) is 21.5. The minimum absolute atomic E-state index is 0.146. The number of benzene rings is 4. The Bertz CT molecular complexity index is 1580. The minimum atomic E-state index is -4.42. The van der Waals surface area contributed by atoms with Crippen molar-refractivity contribution in [3.05, 3.63) is 142 Å². The minimum Gasteiger partial charge on any atom is -0.211 e. The van der Waals surface area contributed by atoms with Gasteiger partial charge >= 0.3 is 6.18 Å². The molecule has 0 amide bonds. The van der Waals surface area contributed by atoms with Gasteiger partial charge < -0.3 is 0 Å². The molecule has 0 spiro atoms. The highest BCUT2D eigenvalue weighted by Crippen LogP contribution is 2.49. The van der Waals surface area contributed by atoms with E-state index < -0.39 is 21.8 Å². The summed E-state index contributed by atoms with van der Waals surface area (Å²) < 4.78 is 68.4. The molecule has 1 atom stereocenters. The van der Waals surface area contributed by atoms with Crippen LogP contribution in [-0.4, -0.2) is 15.0 Å². The summed E-state index contributed by atoms with van der Waals surface area (Å²) in [6.45, 7) is 2.04. The average molecular weight is 534 g/mol. The van der Waals surface area contributed by atoms with E-state index in [1.54, 1.807) is 24.3 Å².